The van der Waals surface area contributed by atoms with Crippen LogP contribution in [0.1, 0.15) is 23.7 Å². The Kier molecular flexibility index (Phi) is 3.59. The van der Waals surface area contributed by atoms with Gasteiger partial charge in [-0.1, -0.05) is 0 Å². The van der Waals surface area contributed by atoms with E-state index in [9.17, 15) is 8.78 Å². The SMILES string of the molecule is CC(Cl)c1nc2cnccc2n1Cc1cc(F)ccc1F. The van der Waals surface area contributed by atoms with Gasteiger partial charge in [-0.25, -0.2) is 13.8 Å². The van der Waals surface area contributed by atoms with Crippen molar-refractivity contribution in [2.45, 2.75) is 18.8 Å². The molecular weight excluding hydrogens is 296 g/mol. The van der Waals surface area contributed by atoms with Crippen molar-refractivity contribution in [1.29, 1.82) is 0 Å². The molecule has 0 fully saturated rings. The lowest BCUT2D eigenvalue weighted by Crippen LogP contribution is -2.07. The highest BCUT2D eigenvalue weighted by atomic mass is 35.5. The fraction of sp³-hybridized carbons (Fsp3) is 0.200. The van der Waals surface area contributed by atoms with Crippen LogP contribution in [0.3, 0.4) is 0 Å². The lowest BCUT2D eigenvalue weighted by molar-refractivity contribution is 0.575. The number of alkyl halides is 1. The molecule has 0 spiro atoms. The summed E-state index contributed by atoms with van der Waals surface area (Å²) in [6.45, 7) is 1.95. The fourth-order valence-electron chi connectivity index (χ4n) is 2.31. The summed E-state index contributed by atoms with van der Waals surface area (Å²) in [5.74, 6) is -0.332. The van der Waals surface area contributed by atoms with Crippen LogP contribution in [0, 0.1) is 11.6 Å². The minimum absolute atomic E-state index is 0.163. The number of hydrogen-bond donors (Lipinski definition) is 0. The van der Waals surface area contributed by atoms with Crippen LogP contribution < -0.4 is 0 Å². The Balaban J connectivity index is 2.15. The van der Waals surface area contributed by atoms with E-state index in [4.69, 9.17) is 11.6 Å². The standard InChI is InChI=1S/C15H12ClF2N3/c1-9(16)15-20-13-7-19-5-4-14(13)21(15)8-10-6-11(17)2-3-12(10)18/h2-7,9H,8H2,1H3. The van der Waals surface area contributed by atoms with E-state index in [2.05, 4.69) is 9.97 Å². The second-order valence-electron chi connectivity index (χ2n) is 4.77. The maximum Gasteiger partial charge on any atom is 0.128 e. The monoisotopic (exact) mass is 307 g/mol. The maximum absolute atomic E-state index is 13.8. The van der Waals surface area contributed by atoms with Crippen molar-refractivity contribution in [2.75, 3.05) is 0 Å². The van der Waals surface area contributed by atoms with Crippen LogP contribution in [0.25, 0.3) is 11.0 Å². The van der Waals surface area contributed by atoms with Gasteiger partial charge in [-0.3, -0.25) is 4.98 Å². The van der Waals surface area contributed by atoms with Crippen LogP contribution in [0.2, 0.25) is 0 Å². The van der Waals surface area contributed by atoms with Crippen LogP contribution in [0.4, 0.5) is 8.78 Å². The summed E-state index contributed by atoms with van der Waals surface area (Å²) < 4.78 is 29.0. The van der Waals surface area contributed by atoms with E-state index in [0.29, 0.717) is 11.3 Å². The summed E-state index contributed by atoms with van der Waals surface area (Å²) in [5, 5.41) is -0.353. The first kappa shape index (κ1) is 13.9. The Morgan fingerprint density at radius 2 is 2.10 bits per heavy atom. The summed E-state index contributed by atoms with van der Waals surface area (Å²) in [6, 6.07) is 5.18. The molecule has 0 saturated heterocycles. The zero-order valence-corrected chi connectivity index (χ0v) is 12.0. The van der Waals surface area contributed by atoms with Crippen molar-refractivity contribution >= 4 is 22.6 Å². The van der Waals surface area contributed by atoms with Gasteiger partial charge < -0.3 is 4.57 Å². The molecule has 0 aliphatic rings. The second-order valence-corrected chi connectivity index (χ2v) is 5.43. The van der Waals surface area contributed by atoms with Crippen LogP contribution in [-0.2, 0) is 6.54 Å². The third-order valence-electron chi connectivity index (χ3n) is 3.27. The van der Waals surface area contributed by atoms with Gasteiger partial charge in [-0.2, -0.15) is 0 Å². The van der Waals surface area contributed by atoms with E-state index in [0.717, 1.165) is 17.6 Å². The topological polar surface area (TPSA) is 30.7 Å². The molecule has 108 valence electrons. The molecule has 21 heavy (non-hydrogen) atoms. The highest BCUT2D eigenvalue weighted by Gasteiger charge is 2.16. The van der Waals surface area contributed by atoms with Gasteiger partial charge in [0.25, 0.3) is 0 Å². The number of hydrogen-bond acceptors (Lipinski definition) is 2. The first-order valence-corrected chi connectivity index (χ1v) is 6.88. The lowest BCUT2D eigenvalue weighted by atomic mass is 10.2. The first-order chi connectivity index (χ1) is 10.1. The number of halogens is 3. The van der Waals surface area contributed by atoms with Gasteiger partial charge in [-0.15, -0.1) is 11.6 Å². The smallest absolute Gasteiger partial charge is 0.128 e. The van der Waals surface area contributed by atoms with E-state index >= 15 is 0 Å². The van der Waals surface area contributed by atoms with Crippen molar-refractivity contribution in [3.63, 3.8) is 0 Å². The average Bonchev–Trinajstić information content (AvgIpc) is 2.82. The summed E-state index contributed by atoms with van der Waals surface area (Å²) >= 11 is 6.15. The Labute approximate surface area is 125 Å². The minimum atomic E-state index is -0.474. The molecule has 1 unspecified atom stereocenters. The van der Waals surface area contributed by atoms with Crippen LogP contribution >= 0.6 is 11.6 Å². The van der Waals surface area contributed by atoms with E-state index in [1.54, 1.807) is 30.0 Å². The molecule has 6 heteroatoms. The second kappa shape index (κ2) is 5.41. The highest BCUT2D eigenvalue weighted by molar-refractivity contribution is 6.20. The van der Waals surface area contributed by atoms with E-state index < -0.39 is 11.6 Å². The highest BCUT2D eigenvalue weighted by Crippen LogP contribution is 2.25. The maximum atomic E-state index is 13.8. The van der Waals surface area contributed by atoms with Gasteiger partial charge in [0.15, 0.2) is 0 Å². The lowest BCUT2D eigenvalue weighted by Gasteiger charge is -2.11. The molecule has 3 rings (SSSR count). The quantitative estimate of drug-likeness (QED) is 0.683. The van der Waals surface area contributed by atoms with Crippen molar-refractivity contribution in [3.8, 4) is 0 Å². The van der Waals surface area contributed by atoms with E-state index in [-0.39, 0.29) is 17.5 Å². The molecule has 0 N–H and O–H groups in total. The van der Waals surface area contributed by atoms with E-state index in [1.807, 2.05) is 0 Å². The Morgan fingerprint density at radius 3 is 2.86 bits per heavy atom. The zero-order valence-electron chi connectivity index (χ0n) is 11.2. The molecule has 0 bridgehead atoms. The Bertz CT molecular complexity index is 799. The number of imidazole rings is 1. The van der Waals surface area contributed by atoms with E-state index in [1.165, 1.54) is 6.07 Å². The van der Waals surface area contributed by atoms with Crippen molar-refractivity contribution in [1.82, 2.24) is 14.5 Å². The molecule has 0 aliphatic heterocycles. The predicted molar refractivity (Wildman–Crippen MR) is 77.3 cm³/mol. The largest absolute Gasteiger partial charge is 0.322 e. The summed E-state index contributed by atoms with van der Waals surface area (Å²) in [6.07, 6.45) is 3.25. The van der Waals surface area contributed by atoms with Gasteiger partial charge >= 0.3 is 0 Å². The number of benzene rings is 1. The van der Waals surface area contributed by atoms with Crippen LogP contribution in [0.5, 0.6) is 0 Å². The van der Waals surface area contributed by atoms with Gasteiger partial charge in [0.1, 0.15) is 23.0 Å². The van der Waals surface area contributed by atoms with Crippen LogP contribution in [-0.4, -0.2) is 14.5 Å². The third kappa shape index (κ3) is 2.61. The molecule has 0 aliphatic carbocycles. The summed E-state index contributed by atoms with van der Waals surface area (Å²) in [5.41, 5.74) is 1.72. The molecule has 3 aromatic rings. The first-order valence-electron chi connectivity index (χ1n) is 6.44. The molecule has 1 atom stereocenters. The normalized spacial score (nSPS) is 12.8. The summed E-state index contributed by atoms with van der Waals surface area (Å²) in [7, 11) is 0. The number of nitrogens with zero attached hydrogens (tertiary/aromatic N) is 3. The van der Waals surface area contributed by atoms with Gasteiger partial charge in [0.05, 0.1) is 23.6 Å². The molecule has 1 aromatic carbocycles. The minimum Gasteiger partial charge on any atom is -0.322 e. The molecule has 0 saturated carbocycles. The zero-order chi connectivity index (χ0) is 15.0. The predicted octanol–water partition coefficient (Wildman–Crippen LogP) is 4.06. The number of rotatable bonds is 3. The number of fused-ring (bicyclic) bond motifs is 1. The van der Waals surface area contributed by atoms with Crippen molar-refractivity contribution in [3.05, 3.63) is 59.7 Å². The molecule has 0 radical (unpaired) electrons. The molecular formula is C15H12ClF2N3. The van der Waals surface area contributed by atoms with Crippen molar-refractivity contribution < 1.29 is 8.78 Å². The number of aromatic nitrogens is 3. The molecule has 0 amide bonds. The van der Waals surface area contributed by atoms with Crippen molar-refractivity contribution in [2.24, 2.45) is 0 Å². The van der Waals surface area contributed by atoms with Gasteiger partial charge in [0, 0.05) is 11.8 Å². The fourth-order valence-corrected chi connectivity index (χ4v) is 2.47. The average molecular weight is 308 g/mol. The van der Waals surface area contributed by atoms with Gasteiger partial charge in [0.2, 0.25) is 0 Å². The Hall–Kier alpha value is -2.01. The van der Waals surface area contributed by atoms with Crippen LogP contribution in [0.15, 0.2) is 36.7 Å². The third-order valence-corrected chi connectivity index (χ3v) is 3.47. The molecule has 3 nitrogen and oxygen atoms in total. The van der Waals surface area contributed by atoms with Gasteiger partial charge in [-0.05, 0) is 31.2 Å². The number of pyridine rings is 1. The molecule has 2 aromatic heterocycles. The Morgan fingerprint density at radius 1 is 1.29 bits per heavy atom. The summed E-state index contributed by atoms with van der Waals surface area (Å²) in [4.78, 5) is 8.43. The molecule has 2 heterocycles.